The first kappa shape index (κ1) is 16.7. The Kier molecular flexibility index (Phi) is 4.89. The van der Waals surface area contributed by atoms with E-state index in [1.807, 2.05) is 6.07 Å². The SMILES string of the molecule is C[C@@H]1C[C@H](C)CN(c2ccc(S(=O)(=O)N3CCOCC3)cn2)C1. The molecule has 2 aliphatic rings. The lowest BCUT2D eigenvalue weighted by Crippen LogP contribution is -2.41. The Hall–Kier alpha value is -1.18. The molecule has 2 saturated heterocycles. The zero-order chi connectivity index (χ0) is 16.4. The summed E-state index contributed by atoms with van der Waals surface area (Å²) in [5.74, 6) is 2.14. The number of rotatable bonds is 3. The van der Waals surface area contributed by atoms with E-state index in [0.717, 1.165) is 18.9 Å². The van der Waals surface area contributed by atoms with Crippen LogP contribution < -0.4 is 4.90 Å². The standard InChI is InChI=1S/C16H25N3O3S/c1-13-9-14(2)12-18(11-13)16-4-3-15(10-17-16)23(20,21)19-5-7-22-8-6-19/h3-4,10,13-14H,5-9,11-12H2,1-2H3/t13-,14+. The Morgan fingerprint density at radius 2 is 1.78 bits per heavy atom. The summed E-state index contributed by atoms with van der Waals surface area (Å²) in [4.78, 5) is 6.94. The highest BCUT2D eigenvalue weighted by molar-refractivity contribution is 7.89. The molecule has 7 heteroatoms. The van der Waals surface area contributed by atoms with Gasteiger partial charge < -0.3 is 9.64 Å². The molecule has 6 nitrogen and oxygen atoms in total. The summed E-state index contributed by atoms with van der Waals surface area (Å²) in [5.41, 5.74) is 0. The van der Waals surface area contributed by atoms with E-state index in [9.17, 15) is 8.42 Å². The summed E-state index contributed by atoms with van der Waals surface area (Å²) < 4.78 is 31.9. The van der Waals surface area contributed by atoms with Gasteiger partial charge >= 0.3 is 0 Å². The minimum Gasteiger partial charge on any atom is -0.379 e. The van der Waals surface area contributed by atoms with Gasteiger partial charge in [0.2, 0.25) is 10.0 Å². The van der Waals surface area contributed by atoms with E-state index >= 15 is 0 Å². The number of ether oxygens (including phenoxy) is 1. The Morgan fingerprint density at radius 1 is 1.13 bits per heavy atom. The highest BCUT2D eigenvalue weighted by Gasteiger charge is 2.27. The number of pyridine rings is 1. The molecule has 0 unspecified atom stereocenters. The number of piperidine rings is 1. The number of hydrogen-bond acceptors (Lipinski definition) is 5. The van der Waals surface area contributed by atoms with E-state index < -0.39 is 10.0 Å². The van der Waals surface area contributed by atoms with Gasteiger partial charge in [-0.2, -0.15) is 4.31 Å². The van der Waals surface area contributed by atoms with Gasteiger partial charge in [-0.1, -0.05) is 13.8 Å². The maximum Gasteiger partial charge on any atom is 0.244 e. The first-order valence-corrected chi connectivity index (χ1v) is 9.69. The van der Waals surface area contributed by atoms with Crippen LogP contribution >= 0.6 is 0 Å². The van der Waals surface area contributed by atoms with Crippen molar-refractivity contribution in [1.29, 1.82) is 0 Å². The molecule has 3 rings (SSSR count). The lowest BCUT2D eigenvalue weighted by atomic mass is 9.92. The lowest BCUT2D eigenvalue weighted by molar-refractivity contribution is 0.0730. The Morgan fingerprint density at radius 3 is 2.35 bits per heavy atom. The molecule has 0 aliphatic carbocycles. The summed E-state index contributed by atoms with van der Waals surface area (Å²) in [6.07, 6.45) is 2.73. The lowest BCUT2D eigenvalue weighted by Gasteiger charge is -2.35. The van der Waals surface area contributed by atoms with Crippen LogP contribution in [0.15, 0.2) is 23.2 Å². The molecule has 0 spiro atoms. The zero-order valence-corrected chi connectivity index (χ0v) is 14.6. The molecule has 0 bridgehead atoms. The third kappa shape index (κ3) is 3.67. The molecule has 0 saturated carbocycles. The van der Waals surface area contributed by atoms with Crippen molar-refractivity contribution in [3.8, 4) is 0 Å². The van der Waals surface area contributed by atoms with Crippen LogP contribution in [0.4, 0.5) is 5.82 Å². The summed E-state index contributed by atoms with van der Waals surface area (Å²) in [7, 11) is -3.46. The van der Waals surface area contributed by atoms with E-state index in [1.54, 1.807) is 6.07 Å². The molecule has 128 valence electrons. The third-order valence-corrected chi connectivity index (χ3v) is 6.40. The smallest absolute Gasteiger partial charge is 0.244 e. The van der Waals surface area contributed by atoms with Crippen molar-refractivity contribution in [1.82, 2.24) is 9.29 Å². The van der Waals surface area contributed by atoms with Crippen LogP contribution in [-0.4, -0.2) is 57.1 Å². The second kappa shape index (κ2) is 6.75. The Bertz CT molecular complexity index is 616. The topological polar surface area (TPSA) is 62.7 Å². The minimum absolute atomic E-state index is 0.265. The molecule has 0 N–H and O–H groups in total. The molecule has 2 fully saturated rings. The van der Waals surface area contributed by atoms with Gasteiger partial charge in [0.25, 0.3) is 0 Å². The molecule has 0 amide bonds. The number of hydrogen-bond donors (Lipinski definition) is 0. The van der Waals surface area contributed by atoms with E-state index in [4.69, 9.17) is 4.74 Å². The molecule has 0 radical (unpaired) electrons. The Balaban J connectivity index is 1.76. The largest absolute Gasteiger partial charge is 0.379 e. The van der Waals surface area contributed by atoms with Gasteiger partial charge in [0.1, 0.15) is 10.7 Å². The summed E-state index contributed by atoms with van der Waals surface area (Å²) >= 11 is 0. The molecule has 23 heavy (non-hydrogen) atoms. The van der Waals surface area contributed by atoms with E-state index in [1.165, 1.54) is 16.9 Å². The molecule has 3 heterocycles. The Labute approximate surface area is 138 Å². The van der Waals surface area contributed by atoms with Crippen LogP contribution in [0, 0.1) is 11.8 Å². The number of nitrogens with zero attached hydrogens (tertiary/aromatic N) is 3. The first-order chi connectivity index (χ1) is 11.0. The van der Waals surface area contributed by atoms with Crippen LogP contribution in [0.25, 0.3) is 0 Å². The maximum atomic E-state index is 12.6. The summed E-state index contributed by atoms with van der Waals surface area (Å²) in [5, 5.41) is 0. The van der Waals surface area contributed by atoms with Crippen molar-refractivity contribution in [2.45, 2.75) is 25.2 Å². The number of sulfonamides is 1. The molecule has 2 aliphatic heterocycles. The van der Waals surface area contributed by atoms with Crippen LogP contribution in [-0.2, 0) is 14.8 Å². The van der Waals surface area contributed by atoms with Crippen LogP contribution in [0.5, 0.6) is 0 Å². The van der Waals surface area contributed by atoms with Crippen molar-refractivity contribution < 1.29 is 13.2 Å². The van der Waals surface area contributed by atoms with Crippen molar-refractivity contribution in [2.24, 2.45) is 11.8 Å². The number of aromatic nitrogens is 1. The predicted octanol–water partition coefficient (Wildman–Crippen LogP) is 1.58. The quantitative estimate of drug-likeness (QED) is 0.837. The number of anilines is 1. The van der Waals surface area contributed by atoms with Crippen LogP contribution in [0.1, 0.15) is 20.3 Å². The highest BCUT2D eigenvalue weighted by atomic mass is 32.2. The molecule has 2 atom stereocenters. The van der Waals surface area contributed by atoms with Crippen LogP contribution in [0.3, 0.4) is 0 Å². The summed E-state index contributed by atoms with van der Waals surface area (Å²) in [6.45, 7) is 8.18. The fourth-order valence-electron chi connectivity index (χ4n) is 3.50. The predicted molar refractivity (Wildman–Crippen MR) is 89.0 cm³/mol. The summed E-state index contributed by atoms with van der Waals surface area (Å²) in [6, 6.07) is 3.51. The van der Waals surface area contributed by atoms with Gasteiger partial charge in [-0.3, -0.25) is 0 Å². The van der Waals surface area contributed by atoms with Gasteiger partial charge in [0, 0.05) is 32.4 Å². The average molecular weight is 339 g/mol. The normalized spacial score (nSPS) is 27.1. The average Bonchev–Trinajstić information content (AvgIpc) is 2.55. The molecule has 1 aromatic heterocycles. The second-order valence-electron chi connectivity index (χ2n) is 6.72. The van der Waals surface area contributed by atoms with Gasteiger partial charge in [-0.15, -0.1) is 0 Å². The highest BCUT2D eigenvalue weighted by Crippen LogP contribution is 2.26. The molecular formula is C16H25N3O3S. The van der Waals surface area contributed by atoms with Gasteiger partial charge in [0.15, 0.2) is 0 Å². The van der Waals surface area contributed by atoms with E-state index in [0.29, 0.717) is 38.1 Å². The fraction of sp³-hybridized carbons (Fsp3) is 0.688. The second-order valence-corrected chi connectivity index (χ2v) is 8.66. The van der Waals surface area contributed by atoms with Crippen molar-refractivity contribution in [3.05, 3.63) is 18.3 Å². The van der Waals surface area contributed by atoms with E-state index in [-0.39, 0.29) is 4.90 Å². The first-order valence-electron chi connectivity index (χ1n) is 8.25. The monoisotopic (exact) mass is 339 g/mol. The van der Waals surface area contributed by atoms with Crippen molar-refractivity contribution in [2.75, 3.05) is 44.3 Å². The fourth-order valence-corrected chi connectivity index (χ4v) is 4.85. The minimum atomic E-state index is -3.46. The maximum absolute atomic E-state index is 12.6. The molecule has 0 aromatic carbocycles. The van der Waals surface area contributed by atoms with Crippen LogP contribution in [0.2, 0.25) is 0 Å². The van der Waals surface area contributed by atoms with E-state index in [2.05, 4.69) is 23.7 Å². The van der Waals surface area contributed by atoms with Gasteiger partial charge in [-0.05, 0) is 30.4 Å². The van der Waals surface area contributed by atoms with Gasteiger partial charge in [-0.25, -0.2) is 13.4 Å². The third-order valence-electron chi connectivity index (χ3n) is 4.52. The zero-order valence-electron chi connectivity index (χ0n) is 13.8. The van der Waals surface area contributed by atoms with Crippen molar-refractivity contribution in [3.63, 3.8) is 0 Å². The molecular weight excluding hydrogens is 314 g/mol. The van der Waals surface area contributed by atoms with Crippen molar-refractivity contribution >= 4 is 15.8 Å². The number of morpholine rings is 1. The molecule has 1 aromatic rings. The van der Waals surface area contributed by atoms with Gasteiger partial charge in [0.05, 0.1) is 13.2 Å².